The lowest BCUT2D eigenvalue weighted by Gasteiger charge is -2.14. The summed E-state index contributed by atoms with van der Waals surface area (Å²) in [6, 6.07) is 11.0. The highest BCUT2D eigenvalue weighted by Gasteiger charge is 2.11. The second-order valence-corrected chi connectivity index (χ2v) is 5.14. The fraction of sp³-hybridized carbons (Fsp3) is 0.143. The third kappa shape index (κ3) is 3.54. The molecule has 1 atom stereocenters. The predicted molar refractivity (Wildman–Crippen MR) is 78.7 cm³/mol. The van der Waals surface area contributed by atoms with Crippen molar-refractivity contribution in [1.82, 2.24) is 10.3 Å². The van der Waals surface area contributed by atoms with Crippen LogP contribution in [0.2, 0.25) is 0 Å². The van der Waals surface area contributed by atoms with Gasteiger partial charge in [0.15, 0.2) is 0 Å². The van der Waals surface area contributed by atoms with Crippen LogP contribution < -0.4 is 11.1 Å². The molecule has 1 aromatic carbocycles. The van der Waals surface area contributed by atoms with E-state index in [0.717, 1.165) is 10.0 Å². The number of nitrogens with two attached hydrogens (primary N) is 1. The van der Waals surface area contributed by atoms with E-state index in [4.69, 9.17) is 5.73 Å². The van der Waals surface area contributed by atoms with Gasteiger partial charge in [-0.15, -0.1) is 0 Å². The minimum Gasteiger partial charge on any atom is -0.384 e. The van der Waals surface area contributed by atoms with Gasteiger partial charge in [-0.3, -0.25) is 4.79 Å². The van der Waals surface area contributed by atoms with Gasteiger partial charge in [0.2, 0.25) is 0 Å². The lowest BCUT2D eigenvalue weighted by molar-refractivity contribution is 0.0939. The van der Waals surface area contributed by atoms with Crippen LogP contribution in [0.1, 0.15) is 28.9 Å². The number of rotatable bonds is 3. The summed E-state index contributed by atoms with van der Waals surface area (Å²) in [5.41, 5.74) is 7.02. The number of carbonyl (C=O) groups is 1. The Kier molecular flexibility index (Phi) is 4.16. The zero-order chi connectivity index (χ0) is 13.8. The van der Waals surface area contributed by atoms with Crippen LogP contribution in [-0.4, -0.2) is 10.9 Å². The number of nitrogens with zero attached hydrogens (tertiary/aromatic N) is 1. The second kappa shape index (κ2) is 5.84. The fourth-order valence-electron chi connectivity index (χ4n) is 1.68. The molecule has 1 unspecified atom stereocenters. The number of nitrogen functional groups attached to an aromatic ring is 1. The summed E-state index contributed by atoms with van der Waals surface area (Å²) >= 11 is 3.41. The number of anilines is 1. The standard InChI is InChI=1S/C14H14BrN3O/c1-9(10-3-2-4-12(15)7-10)18-14(19)11-5-6-13(16)17-8-11/h2-9H,1H3,(H2,16,17)(H,18,19). The zero-order valence-corrected chi connectivity index (χ0v) is 12.0. The van der Waals surface area contributed by atoms with E-state index in [1.807, 2.05) is 31.2 Å². The summed E-state index contributed by atoms with van der Waals surface area (Å²) in [6.07, 6.45) is 1.47. The van der Waals surface area contributed by atoms with Gasteiger partial charge in [-0.2, -0.15) is 0 Å². The van der Waals surface area contributed by atoms with Gasteiger partial charge >= 0.3 is 0 Å². The second-order valence-electron chi connectivity index (χ2n) is 4.22. The SMILES string of the molecule is CC(NC(=O)c1ccc(N)nc1)c1cccc(Br)c1. The average Bonchev–Trinajstić information content (AvgIpc) is 2.39. The summed E-state index contributed by atoms with van der Waals surface area (Å²) in [6.45, 7) is 1.93. The lowest BCUT2D eigenvalue weighted by Crippen LogP contribution is -2.26. The highest BCUT2D eigenvalue weighted by molar-refractivity contribution is 9.10. The van der Waals surface area contributed by atoms with Crippen molar-refractivity contribution in [2.45, 2.75) is 13.0 Å². The number of benzene rings is 1. The van der Waals surface area contributed by atoms with E-state index < -0.39 is 0 Å². The van der Waals surface area contributed by atoms with E-state index >= 15 is 0 Å². The predicted octanol–water partition coefficient (Wildman–Crippen LogP) is 2.92. The Labute approximate surface area is 120 Å². The Morgan fingerprint density at radius 1 is 1.37 bits per heavy atom. The van der Waals surface area contributed by atoms with Crippen molar-refractivity contribution in [3.05, 3.63) is 58.2 Å². The van der Waals surface area contributed by atoms with Gasteiger partial charge in [0.25, 0.3) is 5.91 Å². The van der Waals surface area contributed by atoms with Crippen LogP contribution in [0.3, 0.4) is 0 Å². The fourth-order valence-corrected chi connectivity index (χ4v) is 2.10. The van der Waals surface area contributed by atoms with Crippen molar-refractivity contribution in [2.75, 3.05) is 5.73 Å². The number of hydrogen-bond acceptors (Lipinski definition) is 3. The molecule has 0 saturated heterocycles. The summed E-state index contributed by atoms with van der Waals surface area (Å²) in [7, 11) is 0. The maximum atomic E-state index is 12.0. The third-order valence-corrected chi connectivity index (χ3v) is 3.24. The number of nitrogens with one attached hydrogen (secondary N) is 1. The Balaban J connectivity index is 2.08. The van der Waals surface area contributed by atoms with Crippen LogP contribution in [0.25, 0.3) is 0 Å². The van der Waals surface area contributed by atoms with E-state index in [9.17, 15) is 4.79 Å². The summed E-state index contributed by atoms with van der Waals surface area (Å²) in [5.74, 6) is 0.233. The number of aromatic nitrogens is 1. The van der Waals surface area contributed by atoms with Gasteiger partial charge < -0.3 is 11.1 Å². The Bertz CT molecular complexity index is 583. The number of halogens is 1. The molecule has 2 aromatic rings. The van der Waals surface area contributed by atoms with Crippen molar-refractivity contribution >= 4 is 27.7 Å². The normalized spacial score (nSPS) is 11.9. The molecule has 19 heavy (non-hydrogen) atoms. The zero-order valence-electron chi connectivity index (χ0n) is 10.4. The molecule has 4 nitrogen and oxygen atoms in total. The first kappa shape index (κ1) is 13.5. The van der Waals surface area contributed by atoms with Gasteiger partial charge in [0.05, 0.1) is 11.6 Å². The number of amides is 1. The van der Waals surface area contributed by atoms with Gasteiger partial charge in [-0.25, -0.2) is 4.98 Å². The quantitative estimate of drug-likeness (QED) is 0.914. The highest BCUT2D eigenvalue weighted by Crippen LogP contribution is 2.18. The Hall–Kier alpha value is -1.88. The molecule has 3 N–H and O–H groups in total. The van der Waals surface area contributed by atoms with Crippen LogP contribution >= 0.6 is 15.9 Å². The Morgan fingerprint density at radius 3 is 2.79 bits per heavy atom. The molecule has 1 heterocycles. The van der Waals surface area contributed by atoms with Gasteiger partial charge in [0.1, 0.15) is 5.82 Å². The molecule has 2 rings (SSSR count). The van der Waals surface area contributed by atoms with Gasteiger partial charge in [-0.1, -0.05) is 28.1 Å². The summed E-state index contributed by atoms with van der Waals surface area (Å²) in [5, 5.41) is 2.92. The first-order valence-electron chi connectivity index (χ1n) is 5.84. The van der Waals surface area contributed by atoms with Crippen molar-refractivity contribution in [3.63, 3.8) is 0 Å². The molecule has 0 radical (unpaired) electrons. The van der Waals surface area contributed by atoms with E-state index in [1.54, 1.807) is 12.1 Å². The molecule has 0 aliphatic rings. The van der Waals surface area contributed by atoms with E-state index in [1.165, 1.54) is 6.20 Å². The molecule has 1 aromatic heterocycles. The average molecular weight is 320 g/mol. The molecule has 0 spiro atoms. The monoisotopic (exact) mass is 319 g/mol. The molecule has 98 valence electrons. The van der Waals surface area contributed by atoms with Crippen molar-refractivity contribution < 1.29 is 4.79 Å². The van der Waals surface area contributed by atoms with Crippen LogP contribution in [0, 0.1) is 0 Å². The van der Waals surface area contributed by atoms with E-state index in [2.05, 4.69) is 26.2 Å². The van der Waals surface area contributed by atoms with Crippen LogP contribution in [0.5, 0.6) is 0 Å². The van der Waals surface area contributed by atoms with Crippen LogP contribution in [0.4, 0.5) is 5.82 Å². The van der Waals surface area contributed by atoms with Crippen molar-refractivity contribution in [3.8, 4) is 0 Å². The first-order chi connectivity index (χ1) is 9.06. The van der Waals surface area contributed by atoms with Crippen molar-refractivity contribution in [2.24, 2.45) is 0 Å². The Morgan fingerprint density at radius 2 is 2.16 bits per heavy atom. The molecular formula is C14H14BrN3O. The maximum Gasteiger partial charge on any atom is 0.253 e. The van der Waals surface area contributed by atoms with Crippen LogP contribution in [0.15, 0.2) is 47.1 Å². The number of carbonyl (C=O) groups excluding carboxylic acids is 1. The molecule has 0 aliphatic carbocycles. The molecule has 0 fully saturated rings. The lowest BCUT2D eigenvalue weighted by atomic mass is 10.1. The summed E-state index contributed by atoms with van der Waals surface area (Å²) in [4.78, 5) is 15.9. The van der Waals surface area contributed by atoms with Crippen LogP contribution in [-0.2, 0) is 0 Å². The topological polar surface area (TPSA) is 68.0 Å². The number of pyridine rings is 1. The van der Waals surface area contributed by atoms with Crippen molar-refractivity contribution in [1.29, 1.82) is 0 Å². The number of hydrogen-bond donors (Lipinski definition) is 2. The van der Waals surface area contributed by atoms with E-state index in [0.29, 0.717) is 11.4 Å². The molecule has 0 aliphatic heterocycles. The smallest absolute Gasteiger partial charge is 0.253 e. The minimum absolute atomic E-state index is 0.0810. The highest BCUT2D eigenvalue weighted by atomic mass is 79.9. The first-order valence-corrected chi connectivity index (χ1v) is 6.63. The molecule has 1 amide bonds. The van der Waals surface area contributed by atoms with E-state index in [-0.39, 0.29) is 11.9 Å². The largest absolute Gasteiger partial charge is 0.384 e. The van der Waals surface area contributed by atoms with Gasteiger partial charge in [0, 0.05) is 10.7 Å². The minimum atomic E-state index is -0.167. The molecular weight excluding hydrogens is 306 g/mol. The third-order valence-electron chi connectivity index (χ3n) is 2.74. The molecule has 5 heteroatoms. The summed E-state index contributed by atoms with van der Waals surface area (Å²) < 4.78 is 0.986. The molecule has 0 saturated carbocycles. The maximum absolute atomic E-state index is 12.0. The van der Waals surface area contributed by atoms with Gasteiger partial charge in [-0.05, 0) is 36.8 Å². The molecule has 0 bridgehead atoms.